The minimum absolute atomic E-state index is 0.426. The average Bonchev–Trinajstić information content (AvgIpc) is 2.21. The molecular formula is C12H15BrO2. The number of halogens is 1. The summed E-state index contributed by atoms with van der Waals surface area (Å²) in [6.07, 6.45) is 0. The van der Waals surface area contributed by atoms with Gasteiger partial charge in [-0.1, -0.05) is 22.0 Å². The van der Waals surface area contributed by atoms with Gasteiger partial charge < -0.3 is 9.84 Å². The van der Waals surface area contributed by atoms with Gasteiger partial charge in [-0.15, -0.1) is 0 Å². The molecule has 0 aliphatic carbocycles. The highest BCUT2D eigenvalue weighted by atomic mass is 79.9. The molecule has 0 radical (unpaired) electrons. The molecule has 1 aromatic carbocycles. The molecule has 0 amide bonds. The molecule has 0 saturated carbocycles. The molecule has 0 unspecified atom stereocenters. The zero-order chi connectivity index (χ0) is 11.4. The van der Waals surface area contributed by atoms with Crippen LogP contribution in [0.5, 0.6) is 0 Å². The van der Waals surface area contributed by atoms with E-state index in [1.54, 1.807) is 6.92 Å². The number of benzene rings is 1. The number of ether oxygens (including phenoxy) is 1. The van der Waals surface area contributed by atoms with Gasteiger partial charge >= 0.3 is 0 Å². The highest BCUT2D eigenvalue weighted by molar-refractivity contribution is 9.10. The fourth-order valence-corrected chi connectivity index (χ4v) is 2.51. The molecule has 0 spiro atoms. The Morgan fingerprint density at radius 1 is 1.20 bits per heavy atom. The Bertz CT molecular complexity index is 383. The maximum Gasteiger partial charge on any atom is 0.190 e. The Hall–Kier alpha value is -0.380. The molecule has 15 heavy (non-hydrogen) atoms. The van der Waals surface area contributed by atoms with Crippen LogP contribution in [0.15, 0.2) is 16.6 Å². The van der Waals surface area contributed by atoms with E-state index in [2.05, 4.69) is 22.0 Å². The Morgan fingerprint density at radius 3 is 2.40 bits per heavy atom. The van der Waals surface area contributed by atoms with Crippen LogP contribution in [0.25, 0.3) is 0 Å². The second kappa shape index (κ2) is 3.06. The van der Waals surface area contributed by atoms with Crippen molar-refractivity contribution in [2.45, 2.75) is 39.1 Å². The summed E-state index contributed by atoms with van der Waals surface area (Å²) in [5.41, 5.74) is 2.64. The van der Waals surface area contributed by atoms with Gasteiger partial charge in [-0.3, -0.25) is 0 Å². The van der Waals surface area contributed by atoms with Gasteiger partial charge in [0.25, 0.3) is 0 Å². The third-order valence-corrected chi connectivity index (χ3v) is 3.76. The van der Waals surface area contributed by atoms with Gasteiger partial charge in [0.1, 0.15) is 0 Å². The van der Waals surface area contributed by atoms with Crippen molar-refractivity contribution >= 4 is 15.9 Å². The molecule has 0 bridgehead atoms. The van der Waals surface area contributed by atoms with E-state index in [4.69, 9.17) is 4.74 Å². The van der Waals surface area contributed by atoms with Crippen LogP contribution in [-0.4, -0.2) is 5.11 Å². The SMILES string of the molecule is Cc1cc2c(cc1Br)[C@@](C)(O)OC2(C)C. The van der Waals surface area contributed by atoms with Crippen molar-refractivity contribution in [1.82, 2.24) is 0 Å². The molecule has 0 saturated heterocycles. The van der Waals surface area contributed by atoms with Gasteiger partial charge in [0.05, 0.1) is 5.60 Å². The van der Waals surface area contributed by atoms with Gasteiger partial charge in [0.2, 0.25) is 0 Å². The summed E-state index contributed by atoms with van der Waals surface area (Å²) in [6.45, 7) is 7.66. The van der Waals surface area contributed by atoms with Crippen molar-refractivity contribution in [2.24, 2.45) is 0 Å². The van der Waals surface area contributed by atoms with E-state index in [-0.39, 0.29) is 0 Å². The molecule has 1 N–H and O–H groups in total. The lowest BCUT2D eigenvalue weighted by Crippen LogP contribution is -2.25. The number of hydrogen-bond acceptors (Lipinski definition) is 2. The smallest absolute Gasteiger partial charge is 0.190 e. The second-order valence-electron chi connectivity index (χ2n) is 4.74. The van der Waals surface area contributed by atoms with Crippen LogP contribution in [0.1, 0.15) is 37.5 Å². The quantitative estimate of drug-likeness (QED) is 0.785. The molecule has 2 rings (SSSR count). The summed E-state index contributed by atoms with van der Waals surface area (Å²) in [5.74, 6) is -1.19. The van der Waals surface area contributed by atoms with Crippen LogP contribution in [0.4, 0.5) is 0 Å². The number of fused-ring (bicyclic) bond motifs is 1. The molecule has 2 nitrogen and oxygen atoms in total. The molecule has 1 aromatic rings. The molecular weight excluding hydrogens is 256 g/mol. The first-order valence-corrected chi connectivity index (χ1v) is 5.77. The van der Waals surface area contributed by atoms with Crippen LogP contribution in [0.2, 0.25) is 0 Å². The normalized spacial score (nSPS) is 27.9. The highest BCUT2D eigenvalue weighted by Crippen LogP contribution is 2.46. The Kier molecular flexibility index (Phi) is 2.27. The van der Waals surface area contributed by atoms with Gasteiger partial charge in [-0.25, -0.2) is 0 Å². The summed E-state index contributed by atoms with van der Waals surface area (Å²) in [7, 11) is 0. The summed E-state index contributed by atoms with van der Waals surface area (Å²) < 4.78 is 6.65. The molecule has 1 aliphatic heterocycles. The Labute approximate surface area is 98.4 Å². The number of hydrogen-bond donors (Lipinski definition) is 1. The van der Waals surface area contributed by atoms with Gasteiger partial charge in [-0.05, 0) is 44.9 Å². The zero-order valence-electron chi connectivity index (χ0n) is 9.39. The number of aliphatic hydroxyl groups is 1. The molecule has 82 valence electrons. The van der Waals surface area contributed by atoms with Crippen molar-refractivity contribution in [3.05, 3.63) is 33.3 Å². The van der Waals surface area contributed by atoms with Gasteiger partial charge in [0, 0.05) is 10.0 Å². The average molecular weight is 271 g/mol. The topological polar surface area (TPSA) is 29.5 Å². The number of rotatable bonds is 0. The van der Waals surface area contributed by atoms with E-state index in [0.29, 0.717) is 0 Å². The highest BCUT2D eigenvalue weighted by Gasteiger charge is 2.44. The lowest BCUT2D eigenvalue weighted by molar-refractivity contribution is -0.237. The first-order chi connectivity index (χ1) is 6.74. The van der Waals surface area contributed by atoms with E-state index >= 15 is 0 Å². The largest absolute Gasteiger partial charge is 0.362 e. The van der Waals surface area contributed by atoms with Gasteiger partial charge in [-0.2, -0.15) is 0 Å². The van der Waals surface area contributed by atoms with E-state index in [9.17, 15) is 5.11 Å². The second-order valence-corrected chi connectivity index (χ2v) is 5.60. The standard InChI is InChI=1S/C12H15BrO2/c1-7-5-8-9(6-10(7)13)12(4,14)15-11(8,2)3/h5-6,14H,1-4H3/t12-/m0/s1. The fourth-order valence-electron chi connectivity index (χ4n) is 2.17. The van der Waals surface area contributed by atoms with Crippen LogP contribution < -0.4 is 0 Å². The maximum atomic E-state index is 10.2. The van der Waals surface area contributed by atoms with Crippen molar-refractivity contribution < 1.29 is 9.84 Å². The Balaban J connectivity index is 2.71. The van der Waals surface area contributed by atoms with Crippen molar-refractivity contribution in [3.8, 4) is 0 Å². The van der Waals surface area contributed by atoms with Crippen LogP contribution in [0, 0.1) is 6.92 Å². The molecule has 0 fully saturated rings. The summed E-state index contributed by atoms with van der Waals surface area (Å²) in [4.78, 5) is 0. The van der Waals surface area contributed by atoms with Gasteiger partial charge in [0.15, 0.2) is 5.79 Å². The lowest BCUT2D eigenvalue weighted by atomic mass is 9.92. The first kappa shape index (κ1) is 11.1. The van der Waals surface area contributed by atoms with E-state index in [1.165, 1.54) is 0 Å². The summed E-state index contributed by atoms with van der Waals surface area (Å²) >= 11 is 3.47. The summed E-state index contributed by atoms with van der Waals surface area (Å²) in [5, 5.41) is 10.2. The minimum Gasteiger partial charge on any atom is -0.362 e. The summed E-state index contributed by atoms with van der Waals surface area (Å²) in [6, 6.07) is 4.01. The minimum atomic E-state index is -1.19. The zero-order valence-corrected chi connectivity index (χ0v) is 11.0. The van der Waals surface area contributed by atoms with Crippen molar-refractivity contribution in [2.75, 3.05) is 0 Å². The maximum absolute atomic E-state index is 10.2. The van der Waals surface area contributed by atoms with E-state index < -0.39 is 11.4 Å². The molecule has 0 aromatic heterocycles. The molecule has 1 aliphatic rings. The predicted octanol–water partition coefficient (Wildman–Crippen LogP) is 3.19. The molecule has 3 heteroatoms. The molecule has 1 atom stereocenters. The van der Waals surface area contributed by atoms with E-state index in [1.807, 2.05) is 26.8 Å². The third kappa shape index (κ3) is 1.63. The number of aryl methyl sites for hydroxylation is 1. The third-order valence-electron chi connectivity index (χ3n) is 2.90. The van der Waals surface area contributed by atoms with E-state index in [0.717, 1.165) is 21.2 Å². The van der Waals surface area contributed by atoms with Crippen LogP contribution in [0.3, 0.4) is 0 Å². The molecule has 1 heterocycles. The monoisotopic (exact) mass is 270 g/mol. The lowest BCUT2D eigenvalue weighted by Gasteiger charge is -2.23. The Morgan fingerprint density at radius 2 is 1.80 bits per heavy atom. The fraction of sp³-hybridized carbons (Fsp3) is 0.500. The van der Waals surface area contributed by atoms with Crippen molar-refractivity contribution in [1.29, 1.82) is 0 Å². The van der Waals surface area contributed by atoms with Crippen LogP contribution >= 0.6 is 15.9 Å². The van der Waals surface area contributed by atoms with Crippen LogP contribution in [-0.2, 0) is 16.1 Å². The van der Waals surface area contributed by atoms with Crippen molar-refractivity contribution in [3.63, 3.8) is 0 Å². The predicted molar refractivity (Wildman–Crippen MR) is 62.6 cm³/mol. The first-order valence-electron chi connectivity index (χ1n) is 4.98.